The van der Waals surface area contributed by atoms with Gasteiger partial charge in [-0.3, -0.25) is 0 Å². The fraction of sp³-hybridized carbons (Fsp3) is 0.562. The Kier molecular flexibility index (Phi) is 2.90. The first-order valence-electron chi connectivity index (χ1n) is 7.51. The summed E-state index contributed by atoms with van der Waals surface area (Å²) in [6, 6.07) is 0. The van der Waals surface area contributed by atoms with Gasteiger partial charge in [0.25, 0.3) is 11.6 Å². The summed E-state index contributed by atoms with van der Waals surface area (Å²) < 4.78 is 28.0. The van der Waals surface area contributed by atoms with Crippen molar-refractivity contribution < 1.29 is 28.5 Å². The number of esters is 1. The van der Waals surface area contributed by atoms with E-state index in [1.165, 1.54) is 0 Å². The Labute approximate surface area is 128 Å². The van der Waals surface area contributed by atoms with E-state index in [1.807, 2.05) is 12.2 Å². The molecule has 2 saturated heterocycles. The highest BCUT2D eigenvalue weighted by molar-refractivity contribution is 5.86. The minimum absolute atomic E-state index is 0.0253. The highest BCUT2D eigenvalue weighted by atomic mass is 16.9. The second-order valence-corrected chi connectivity index (χ2v) is 5.97. The van der Waals surface area contributed by atoms with Gasteiger partial charge in [0, 0.05) is 18.4 Å². The van der Waals surface area contributed by atoms with Crippen LogP contribution in [0.25, 0.3) is 0 Å². The van der Waals surface area contributed by atoms with Crippen LogP contribution in [0.15, 0.2) is 35.8 Å². The van der Waals surface area contributed by atoms with Crippen LogP contribution in [0, 0.1) is 0 Å². The van der Waals surface area contributed by atoms with Crippen LogP contribution in [0.4, 0.5) is 0 Å². The predicted octanol–water partition coefficient (Wildman–Crippen LogP) is 2.27. The van der Waals surface area contributed by atoms with E-state index in [2.05, 4.69) is 6.58 Å². The second kappa shape index (κ2) is 4.60. The number of rotatable bonds is 7. The second-order valence-electron chi connectivity index (χ2n) is 5.97. The Hall–Kier alpha value is -1.79. The summed E-state index contributed by atoms with van der Waals surface area (Å²) >= 11 is 0. The molecular formula is C16H18O6. The topological polar surface area (TPSA) is 69.8 Å². The molecule has 0 bridgehead atoms. The first-order valence-corrected chi connectivity index (χ1v) is 7.51. The summed E-state index contributed by atoms with van der Waals surface area (Å²) in [5.74, 6) is -0.166. The zero-order chi connectivity index (χ0) is 15.4. The first kappa shape index (κ1) is 13.8. The van der Waals surface area contributed by atoms with E-state index in [0.717, 1.165) is 37.2 Å². The minimum atomic E-state index is -0.740. The molecule has 118 valence electrons. The summed E-state index contributed by atoms with van der Waals surface area (Å²) in [5.41, 5.74) is 0.336. The van der Waals surface area contributed by atoms with Gasteiger partial charge in [-0.1, -0.05) is 6.58 Å². The Morgan fingerprint density at radius 3 is 2.14 bits per heavy atom. The average Bonchev–Trinajstić information content (AvgIpc) is 3.25. The fourth-order valence-electron chi connectivity index (χ4n) is 2.90. The van der Waals surface area contributed by atoms with Gasteiger partial charge in [-0.15, -0.1) is 0 Å². The molecule has 0 aromatic carbocycles. The summed E-state index contributed by atoms with van der Waals surface area (Å²) in [4.78, 5) is 11.6. The zero-order valence-corrected chi connectivity index (χ0v) is 12.4. The van der Waals surface area contributed by atoms with Crippen LogP contribution in [0.1, 0.15) is 32.6 Å². The van der Waals surface area contributed by atoms with Crippen molar-refractivity contribution in [2.75, 3.05) is 6.61 Å². The van der Waals surface area contributed by atoms with E-state index >= 15 is 0 Å². The lowest BCUT2D eigenvalue weighted by Gasteiger charge is -2.22. The summed E-state index contributed by atoms with van der Waals surface area (Å²) in [6.45, 7) is 5.13. The van der Waals surface area contributed by atoms with Crippen LogP contribution >= 0.6 is 0 Å². The molecule has 0 N–H and O–H groups in total. The quantitative estimate of drug-likeness (QED) is 0.311. The van der Waals surface area contributed by atoms with Crippen LogP contribution < -0.4 is 0 Å². The number of ether oxygens (including phenoxy) is 5. The van der Waals surface area contributed by atoms with Crippen LogP contribution in [0.3, 0.4) is 0 Å². The maximum absolute atomic E-state index is 11.6. The van der Waals surface area contributed by atoms with Crippen molar-refractivity contribution in [3.8, 4) is 0 Å². The number of epoxide rings is 2. The van der Waals surface area contributed by atoms with Crippen LogP contribution in [0.5, 0.6) is 0 Å². The SMILES string of the molecule is C=C(C)C(=O)OCC(OC12CCC=C1O2)OC12CCC=C1O2. The van der Waals surface area contributed by atoms with E-state index < -0.39 is 23.8 Å². The minimum Gasteiger partial charge on any atom is -0.457 e. The highest BCUT2D eigenvalue weighted by Gasteiger charge is 2.62. The standard InChI is InChI=1S/C16H18O6/c1-10(2)14(17)18-9-13(21-15-7-3-5-11(15)19-15)22-16-8-4-6-12(16)20-16/h5-6,13H,1,3-4,7-9H2,2H3. The Morgan fingerprint density at radius 2 is 1.77 bits per heavy atom. The molecule has 2 aliphatic carbocycles. The Morgan fingerprint density at radius 1 is 1.23 bits per heavy atom. The van der Waals surface area contributed by atoms with Crippen molar-refractivity contribution in [3.05, 3.63) is 35.8 Å². The van der Waals surface area contributed by atoms with Crippen molar-refractivity contribution >= 4 is 5.97 Å². The molecule has 22 heavy (non-hydrogen) atoms. The lowest BCUT2D eigenvalue weighted by molar-refractivity contribution is -0.263. The maximum Gasteiger partial charge on any atom is 0.333 e. The van der Waals surface area contributed by atoms with Crippen LogP contribution in [-0.4, -0.2) is 30.4 Å². The van der Waals surface area contributed by atoms with Gasteiger partial charge in [0.2, 0.25) is 6.29 Å². The predicted molar refractivity (Wildman–Crippen MR) is 74.0 cm³/mol. The number of carbonyl (C=O) groups excluding carboxylic acids is 1. The fourth-order valence-corrected chi connectivity index (χ4v) is 2.90. The molecule has 2 atom stereocenters. The van der Waals surface area contributed by atoms with Crippen molar-refractivity contribution in [1.82, 2.24) is 0 Å². The number of hydrogen-bond donors (Lipinski definition) is 0. The van der Waals surface area contributed by atoms with Crippen LogP contribution in [0.2, 0.25) is 0 Å². The molecule has 2 fully saturated rings. The lowest BCUT2D eigenvalue weighted by atomic mass is 10.3. The van der Waals surface area contributed by atoms with Crippen molar-refractivity contribution in [1.29, 1.82) is 0 Å². The third kappa shape index (κ3) is 2.23. The largest absolute Gasteiger partial charge is 0.457 e. The van der Waals surface area contributed by atoms with Gasteiger partial charge in [-0.05, 0) is 31.9 Å². The molecule has 0 aromatic heterocycles. The molecular weight excluding hydrogens is 288 g/mol. The van der Waals surface area contributed by atoms with E-state index in [1.54, 1.807) is 6.92 Å². The first-order chi connectivity index (χ1) is 10.5. The third-order valence-electron chi connectivity index (χ3n) is 4.17. The van der Waals surface area contributed by atoms with Gasteiger partial charge < -0.3 is 23.7 Å². The molecule has 2 heterocycles. The molecule has 6 heteroatoms. The lowest BCUT2D eigenvalue weighted by Crippen LogP contribution is -2.35. The molecule has 0 aromatic rings. The van der Waals surface area contributed by atoms with E-state index in [9.17, 15) is 4.79 Å². The summed E-state index contributed by atoms with van der Waals surface area (Å²) in [5, 5.41) is 0. The molecule has 0 radical (unpaired) electrons. The molecule has 2 aliphatic heterocycles. The number of carbonyl (C=O) groups is 1. The molecule has 4 aliphatic rings. The maximum atomic E-state index is 11.6. The van der Waals surface area contributed by atoms with E-state index in [0.29, 0.717) is 5.57 Å². The zero-order valence-electron chi connectivity index (χ0n) is 12.4. The Bertz CT molecular complexity index is 568. The normalized spacial score (nSPS) is 34.4. The third-order valence-corrected chi connectivity index (χ3v) is 4.17. The van der Waals surface area contributed by atoms with Gasteiger partial charge in [0.1, 0.15) is 6.61 Å². The molecule has 0 amide bonds. The van der Waals surface area contributed by atoms with Gasteiger partial charge in [0.05, 0.1) is 0 Å². The smallest absolute Gasteiger partial charge is 0.333 e. The summed E-state index contributed by atoms with van der Waals surface area (Å²) in [7, 11) is 0. The molecule has 6 nitrogen and oxygen atoms in total. The number of fused-ring (bicyclic) bond motifs is 2. The van der Waals surface area contributed by atoms with Crippen LogP contribution in [-0.2, 0) is 28.5 Å². The molecule has 4 rings (SSSR count). The van der Waals surface area contributed by atoms with E-state index in [4.69, 9.17) is 23.7 Å². The van der Waals surface area contributed by atoms with Gasteiger partial charge in [0.15, 0.2) is 11.5 Å². The highest BCUT2D eigenvalue weighted by Crippen LogP contribution is 2.54. The number of allylic oxidation sites excluding steroid dienone is 2. The van der Waals surface area contributed by atoms with Gasteiger partial charge in [-0.25, -0.2) is 4.79 Å². The molecule has 0 spiro atoms. The van der Waals surface area contributed by atoms with Gasteiger partial charge in [-0.2, -0.15) is 0 Å². The number of hydrogen-bond acceptors (Lipinski definition) is 6. The van der Waals surface area contributed by atoms with Crippen molar-refractivity contribution in [3.63, 3.8) is 0 Å². The Balaban J connectivity index is 1.41. The summed E-state index contributed by atoms with van der Waals surface area (Å²) in [6.07, 6.45) is 6.62. The molecule has 2 unspecified atom stereocenters. The van der Waals surface area contributed by atoms with E-state index in [-0.39, 0.29) is 6.61 Å². The average molecular weight is 306 g/mol. The molecule has 0 saturated carbocycles. The monoisotopic (exact) mass is 306 g/mol. The van der Waals surface area contributed by atoms with Gasteiger partial charge >= 0.3 is 5.97 Å². The van der Waals surface area contributed by atoms with Crippen molar-refractivity contribution in [2.24, 2.45) is 0 Å². The van der Waals surface area contributed by atoms with Crippen molar-refractivity contribution in [2.45, 2.75) is 50.5 Å².